The number of rotatable bonds is 2. The molecule has 1 aromatic carbocycles. The van der Waals surface area contributed by atoms with Crippen LogP contribution in [0.5, 0.6) is 11.5 Å². The van der Waals surface area contributed by atoms with E-state index in [0.717, 1.165) is 17.5 Å². The molecule has 2 aliphatic carbocycles. The number of carbonyl (C=O) groups is 1. The van der Waals surface area contributed by atoms with E-state index in [1.54, 1.807) is 6.92 Å². The molecule has 2 bridgehead atoms. The Morgan fingerprint density at radius 3 is 2.67 bits per heavy atom. The Balaban J connectivity index is 1.76. The molecule has 1 aromatic rings. The number of oxime groups is 1. The van der Waals surface area contributed by atoms with Gasteiger partial charge in [0.2, 0.25) is 0 Å². The largest absolute Gasteiger partial charge is 0.508 e. The Kier molecular flexibility index (Phi) is 2.46. The molecule has 0 radical (unpaired) electrons. The van der Waals surface area contributed by atoms with Gasteiger partial charge in [0.1, 0.15) is 17.6 Å². The van der Waals surface area contributed by atoms with Crippen molar-refractivity contribution in [2.45, 2.75) is 31.3 Å². The van der Waals surface area contributed by atoms with Gasteiger partial charge in [0.15, 0.2) is 5.71 Å². The van der Waals surface area contributed by atoms with Crippen LogP contribution in [0.1, 0.15) is 36.3 Å². The fourth-order valence-electron chi connectivity index (χ4n) is 4.05. The lowest BCUT2D eigenvalue weighted by Crippen LogP contribution is -2.33. The maximum atomic E-state index is 12.0. The molecule has 0 unspecified atom stereocenters. The van der Waals surface area contributed by atoms with Gasteiger partial charge in [-0.05, 0) is 25.5 Å². The number of phenols is 2. The Morgan fingerprint density at radius 2 is 2.00 bits per heavy atom. The van der Waals surface area contributed by atoms with E-state index < -0.39 is 5.97 Å². The van der Waals surface area contributed by atoms with E-state index in [-0.39, 0.29) is 42.0 Å². The van der Waals surface area contributed by atoms with Crippen LogP contribution >= 0.6 is 0 Å². The van der Waals surface area contributed by atoms with Crippen LogP contribution in [0.4, 0.5) is 0 Å². The Bertz CT molecular complexity index is 668. The number of carbonyl (C=O) groups excluding carboxylic acids is 1. The number of hydrogen-bond acceptors (Lipinski definition) is 6. The lowest BCUT2D eigenvalue weighted by Gasteiger charge is -2.26. The molecule has 1 heterocycles. The van der Waals surface area contributed by atoms with Gasteiger partial charge in [0, 0.05) is 23.0 Å². The van der Waals surface area contributed by atoms with Gasteiger partial charge in [-0.25, -0.2) is 4.79 Å². The first-order chi connectivity index (χ1) is 10.1. The van der Waals surface area contributed by atoms with Crippen LogP contribution in [0.2, 0.25) is 0 Å². The highest BCUT2D eigenvalue weighted by molar-refractivity contribution is 6.38. The minimum Gasteiger partial charge on any atom is -0.508 e. The molecule has 4 rings (SSSR count). The molecule has 2 N–H and O–H groups in total. The quantitative estimate of drug-likeness (QED) is 0.638. The monoisotopic (exact) mass is 289 g/mol. The van der Waals surface area contributed by atoms with Crippen LogP contribution < -0.4 is 0 Å². The molecule has 6 heteroatoms. The van der Waals surface area contributed by atoms with E-state index in [1.807, 2.05) is 0 Å². The average molecular weight is 289 g/mol. The molecule has 21 heavy (non-hydrogen) atoms. The van der Waals surface area contributed by atoms with Gasteiger partial charge in [-0.2, -0.15) is 0 Å². The van der Waals surface area contributed by atoms with E-state index in [0.29, 0.717) is 5.71 Å². The molecule has 6 nitrogen and oxygen atoms in total. The predicted molar refractivity (Wildman–Crippen MR) is 72.3 cm³/mol. The summed E-state index contributed by atoms with van der Waals surface area (Å²) in [4.78, 5) is 17.4. The summed E-state index contributed by atoms with van der Waals surface area (Å²) in [6.07, 6.45) is 0.489. The van der Waals surface area contributed by atoms with Gasteiger partial charge in [0.25, 0.3) is 0 Å². The maximum absolute atomic E-state index is 12.0. The number of fused-ring (bicyclic) bond motifs is 8. The van der Waals surface area contributed by atoms with Crippen molar-refractivity contribution in [1.29, 1.82) is 0 Å². The van der Waals surface area contributed by atoms with Crippen molar-refractivity contribution < 1.29 is 24.6 Å². The van der Waals surface area contributed by atoms with Gasteiger partial charge in [0.05, 0.1) is 12.5 Å². The molecule has 110 valence electrons. The second-order valence-corrected chi connectivity index (χ2v) is 5.67. The molecule has 0 aromatic heterocycles. The van der Waals surface area contributed by atoms with Crippen molar-refractivity contribution in [3.05, 3.63) is 23.3 Å². The minimum atomic E-state index is -0.459. The van der Waals surface area contributed by atoms with Crippen molar-refractivity contribution in [1.82, 2.24) is 0 Å². The normalized spacial score (nSPS) is 31.4. The van der Waals surface area contributed by atoms with Crippen molar-refractivity contribution in [2.75, 3.05) is 6.61 Å². The summed E-state index contributed by atoms with van der Waals surface area (Å²) >= 11 is 0. The first-order valence-electron chi connectivity index (χ1n) is 7.09. The molecule has 0 saturated heterocycles. The number of esters is 1. The Morgan fingerprint density at radius 1 is 1.33 bits per heavy atom. The van der Waals surface area contributed by atoms with E-state index in [1.165, 1.54) is 12.1 Å². The Labute approximate surface area is 121 Å². The third-order valence-corrected chi connectivity index (χ3v) is 4.75. The molecule has 1 saturated carbocycles. The summed E-state index contributed by atoms with van der Waals surface area (Å²) in [5, 5.41) is 24.1. The number of phenolic OH excluding ortho intramolecular Hbond substituents is 2. The second-order valence-electron chi connectivity index (χ2n) is 5.67. The van der Waals surface area contributed by atoms with Crippen LogP contribution in [-0.4, -0.2) is 34.6 Å². The van der Waals surface area contributed by atoms with Crippen molar-refractivity contribution in [2.24, 2.45) is 11.1 Å². The summed E-state index contributed by atoms with van der Waals surface area (Å²) < 4.78 is 5.02. The van der Waals surface area contributed by atoms with E-state index in [9.17, 15) is 15.0 Å². The molecule has 3 aliphatic rings. The molecule has 0 amide bonds. The average Bonchev–Trinajstić information content (AvgIpc) is 3.12. The van der Waals surface area contributed by atoms with Crippen molar-refractivity contribution >= 4 is 11.7 Å². The van der Waals surface area contributed by atoms with E-state index >= 15 is 0 Å². The smallest absolute Gasteiger partial charge is 0.356 e. The fraction of sp³-hybridized carbons (Fsp3) is 0.467. The second kappa shape index (κ2) is 4.13. The number of nitrogens with zero attached hydrogens (tertiary/aromatic N) is 1. The molecule has 1 fully saturated rings. The van der Waals surface area contributed by atoms with Gasteiger partial charge in [-0.15, -0.1) is 0 Å². The lowest BCUT2D eigenvalue weighted by molar-refractivity contribution is -0.135. The zero-order valence-electron chi connectivity index (χ0n) is 11.4. The van der Waals surface area contributed by atoms with Gasteiger partial charge in [-0.1, -0.05) is 5.16 Å². The molecular formula is C15H15NO5. The summed E-state index contributed by atoms with van der Waals surface area (Å²) in [6.45, 7) is 2.03. The fourth-order valence-corrected chi connectivity index (χ4v) is 4.05. The topological polar surface area (TPSA) is 88.4 Å². The standard InChI is InChI=1S/C15H15NO5/c1-2-20-15(19)13-12-6-5-7(14(12)21-16-13)11-9(18)4-3-8(17)10(6)11/h3-4,6-7,12,14,17-18H,2,5H2,1H3/t6-,7+,12+,14+/m1/s1. The molecule has 4 atom stereocenters. The highest BCUT2D eigenvalue weighted by Gasteiger charge is 2.60. The van der Waals surface area contributed by atoms with Gasteiger partial charge in [-0.3, -0.25) is 0 Å². The number of benzene rings is 1. The number of hydrogen-bond donors (Lipinski definition) is 2. The zero-order chi connectivity index (χ0) is 14.7. The minimum absolute atomic E-state index is 0.0437. The van der Waals surface area contributed by atoms with Crippen LogP contribution in [0, 0.1) is 5.92 Å². The SMILES string of the molecule is CCOC(=O)C1=NO[C@@H]2[C@H]1[C@@H]1C[C@H]2c2c(O)ccc(O)c21. The highest BCUT2D eigenvalue weighted by atomic mass is 16.6. The van der Waals surface area contributed by atoms with E-state index in [2.05, 4.69) is 5.16 Å². The van der Waals surface area contributed by atoms with Crippen LogP contribution in [0.25, 0.3) is 0 Å². The summed E-state index contributed by atoms with van der Waals surface area (Å²) in [5.41, 5.74) is 1.76. The van der Waals surface area contributed by atoms with Crippen LogP contribution in [0.3, 0.4) is 0 Å². The van der Waals surface area contributed by atoms with Crippen LogP contribution in [0.15, 0.2) is 17.3 Å². The number of ether oxygens (including phenoxy) is 1. The predicted octanol–water partition coefficient (Wildman–Crippen LogP) is 1.62. The lowest BCUT2D eigenvalue weighted by atomic mass is 9.78. The summed E-state index contributed by atoms with van der Waals surface area (Å²) in [5.74, 6) is -0.440. The third kappa shape index (κ3) is 1.47. The first kappa shape index (κ1) is 12.5. The molecule has 0 spiro atoms. The Hall–Kier alpha value is -2.24. The summed E-state index contributed by atoms with van der Waals surface area (Å²) in [6, 6.07) is 2.98. The highest BCUT2D eigenvalue weighted by Crippen LogP contribution is 2.63. The summed E-state index contributed by atoms with van der Waals surface area (Å²) in [7, 11) is 0. The molecular weight excluding hydrogens is 274 g/mol. The molecule has 1 aliphatic heterocycles. The van der Waals surface area contributed by atoms with Gasteiger partial charge < -0.3 is 19.8 Å². The third-order valence-electron chi connectivity index (χ3n) is 4.75. The van der Waals surface area contributed by atoms with Crippen molar-refractivity contribution in [3.63, 3.8) is 0 Å². The van der Waals surface area contributed by atoms with Crippen LogP contribution in [-0.2, 0) is 14.4 Å². The van der Waals surface area contributed by atoms with Gasteiger partial charge >= 0.3 is 5.97 Å². The van der Waals surface area contributed by atoms with Crippen molar-refractivity contribution in [3.8, 4) is 11.5 Å². The number of aromatic hydroxyl groups is 2. The maximum Gasteiger partial charge on any atom is 0.356 e. The van der Waals surface area contributed by atoms with E-state index in [4.69, 9.17) is 9.57 Å². The zero-order valence-corrected chi connectivity index (χ0v) is 11.4. The first-order valence-corrected chi connectivity index (χ1v) is 7.09.